The van der Waals surface area contributed by atoms with Crippen LogP contribution in [-0.4, -0.2) is 60.8 Å². The van der Waals surface area contributed by atoms with Crippen LogP contribution in [0.5, 0.6) is 0 Å². The van der Waals surface area contributed by atoms with Gasteiger partial charge in [0.15, 0.2) is 0 Å². The van der Waals surface area contributed by atoms with Gasteiger partial charge in [-0.15, -0.1) is 0 Å². The van der Waals surface area contributed by atoms with Gasteiger partial charge < -0.3 is 10.0 Å². The van der Waals surface area contributed by atoms with Gasteiger partial charge in [0.1, 0.15) is 0 Å². The topological polar surface area (TPSA) is 95.0 Å². The second kappa shape index (κ2) is 6.93. The van der Waals surface area contributed by atoms with Gasteiger partial charge >= 0.3 is 5.97 Å². The molecule has 8 heteroatoms. The molecule has 0 aromatic heterocycles. The molecular formula is C15H18N2O5S. The summed E-state index contributed by atoms with van der Waals surface area (Å²) < 4.78 is 26.5. The maximum absolute atomic E-state index is 12.6. The van der Waals surface area contributed by atoms with Crippen molar-refractivity contribution in [2.75, 3.05) is 26.2 Å². The Balaban J connectivity index is 2.11. The van der Waals surface area contributed by atoms with Gasteiger partial charge in [-0.2, -0.15) is 4.31 Å². The van der Waals surface area contributed by atoms with Gasteiger partial charge in [0.25, 0.3) is 0 Å². The van der Waals surface area contributed by atoms with E-state index in [1.54, 1.807) is 17.0 Å². The molecule has 7 nitrogen and oxygen atoms in total. The number of carboxylic acids is 1. The Morgan fingerprint density at radius 1 is 1.09 bits per heavy atom. The lowest BCUT2D eigenvalue weighted by Gasteiger charge is -2.33. The highest BCUT2D eigenvalue weighted by Crippen LogP contribution is 2.18. The zero-order chi connectivity index (χ0) is 17.0. The van der Waals surface area contributed by atoms with E-state index >= 15 is 0 Å². The van der Waals surface area contributed by atoms with Gasteiger partial charge in [0.05, 0.1) is 4.90 Å². The van der Waals surface area contributed by atoms with Crippen molar-refractivity contribution in [2.45, 2.75) is 11.8 Å². The second-order valence-corrected chi connectivity index (χ2v) is 7.09. The Morgan fingerprint density at radius 3 is 2.13 bits per heavy atom. The number of amides is 1. The van der Waals surface area contributed by atoms with Crippen molar-refractivity contribution in [1.29, 1.82) is 0 Å². The van der Waals surface area contributed by atoms with Gasteiger partial charge in [0, 0.05) is 39.2 Å². The Morgan fingerprint density at radius 2 is 1.65 bits per heavy atom. The number of rotatable bonds is 4. The third kappa shape index (κ3) is 4.17. The number of aliphatic carboxylic acids is 1. The fourth-order valence-corrected chi connectivity index (χ4v) is 3.73. The molecule has 1 aromatic rings. The highest BCUT2D eigenvalue weighted by Gasteiger charge is 2.28. The maximum atomic E-state index is 12.6. The van der Waals surface area contributed by atoms with Gasteiger partial charge in [-0.05, 0) is 23.8 Å². The molecule has 1 aliphatic rings. The molecule has 0 atom stereocenters. The van der Waals surface area contributed by atoms with Crippen molar-refractivity contribution in [2.24, 2.45) is 0 Å². The van der Waals surface area contributed by atoms with Crippen LogP contribution in [0.2, 0.25) is 0 Å². The fourth-order valence-electron chi connectivity index (χ4n) is 2.31. The van der Waals surface area contributed by atoms with Gasteiger partial charge in [0.2, 0.25) is 15.9 Å². The van der Waals surface area contributed by atoms with Crippen LogP contribution in [-0.2, 0) is 19.6 Å². The van der Waals surface area contributed by atoms with E-state index in [0.717, 1.165) is 6.08 Å². The number of benzene rings is 1. The maximum Gasteiger partial charge on any atom is 0.328 e. The summed E-state index contributed by atoms with van der Waals surface area (Å²) >= 11 is 0. The first-order valence-corrected chi connectivity index (χ1v) is 8.51. The third-order valence-corrected chi connectivity index (χ3v) is 5.53. The Bertz CT molecular complexity index is 717. The molecule has 1 fully saturated rings. The summed E-state index contributed by atoms with van der Waals surface area (Å²) in [6.07, 6.45) is 2.38. The number of carbonyl (C=O) groups excluding carboxylic acids is 1. The first-order chi connectivity index (χ1) is 10.8. The molecule has 2 rings (SSSR count). The first-order valence-electron chi connectivity index (χ1n) is 7.07. The van der Waals surface area contributed by atoms with E-state index < -0.39 is 16.0 Å². The minimum atomic E-state index is -3.60. The molecule has 124 valence electrons. The van der Waals surface area contributed by atoms with Crippen LogP contribution in [0.3, 0.4) is 0 Å². The molecule has 0 bridgehead atoms. The lowest BCUT2D eigenvalue weighted by Crippen LogP contribution is -2.49. The van der Waals surface area contributed by atoms with Crippen LogP contribution in [0.15, 0.2) is 35.2 Å². The lowest BCUT2D eigenvalue weighted by atomic mass is 10.2. The summed E-state index contributed by atoms with van der Waals surface area (Å²) in [6, 6.07) is 6.01. The Labute approximate surface area is 134 Å². The molecule has 1 saturated heterocycles. The average molecular weight is 338 g/mol. The van der Waals surface area contributed by atoms with E-state index in [9.17, 15) is 18.0 Å². The van der Waals surface area contributed by atoms with E-state index in [-0.39, 0.29) is 23.9 Å². The number of hydrogen-bond acceptors (Lipinski definition) is 4. The molecule has 23 heavy (non-hydrogen) atoms. The number of hydrogen-bond donors (Lipinski definition) is 1. The minimum Gasteiger partial charge on any atom is -0.478 e. The highest BCUT2D eigenvalue weighted by molar-refractivity contribution is 7.89. The predicted molar refractivity (Wildman–Crippen MR) is 84.1 cm³/mol. The number of carboxylic acid groups (broad SMARTS) is 1. The molecular weight excluding hydrogens is 320 g/mol. The quantitative estimate of drug-likeness (QED) is 0.813. The fraction of sp³-hybridized carbons (Fsp3) is 0.333. The molecule has 1 amide bonds. The number of sulfonamides is 1. The summed E-state index contributed by atoms with van der Waals surface area (Å²) in [5.41, 5.74) is 0.604. The van der Waals surface area contributed by atoms with Crippen molar-refractivity contribution in [3.8, 4) is 0 Å². The van der Waals surface area contributed by atoms with Crippen LogP contribution in [0.25, 0.3) is 6.08 Å². The number of nitrogens with zero attached hydrogens (tertiary/aromatic N) is 2. The monoisotopic (exact) mass is 338 g/mol. The standard InChI is InChI=1S/C15H18N2O5S/c1-12(18)16-8-10-17(11-9-16)23(21,22)14-5-2-13(3-6-14)4-7-15(19)20/h2-7H,8-11H2,1H3,(H,19,20). The van der Waals surface area contributed by atoms with Crippen molar-refractivity contribution < 1.29 is 23.1 Å². The summed E-state index contributed by atoms with van der Waals surface area (Å²) in [4.78, 5) is 23.5. The molecule has 1 heterocycles. The summed E-state index contributed by atoms with van der Waals surface area (Å²) in [5.74, 6) is -1.12. The largest absolute Gasteiger partial charge is 0.478 e. The van der Waals surface area contributed by atoms with Crippen molar-refractivity contribution in [3.63, 3.8) is 0 Å². The lowest BCUT2D eigenvalue weighted by molar-refractivity contribution is -0.131. The molecule has 1 aromatic carbocycles. The summed E-state index contributed by atoms with van der Waals surface area (Å²) in [5, 5.41) is 8.57. The van der Waals surface area contributed by atoms with Gasteiger partial charge in [-0.1, -0.05) is 12.1 Å². The second-order valence-electron chi connectivity index (χ2n) is 5.15. The van der Waals surface area contributed by atoms with E-state index in [0.29, 0.717) is 18.7 Å². The average Bonchev–Trinajstić information content (AvgIpc) is 2.53. The van der Waals surface area contributed by atoms with Crippen molar-refractivity contribution in [1.82, 2.24) is 9.21 Å². The van der Waals surface area contributed by atoms with Crippen LogP contribution in [0.4, 0.5) is 0 Å². The van der Waals surface area contributed by atoms with Crippen LogP contribution in [0.1, 0.15) is 12.5 Å². The van der Waals surface area contributed by atoms with E-state index in [1.165, 1.54) is 29.4 Å². The van der Waals surface area contributed by atoms with E-state index in [1.807, 2.05) is 0 Å². The minimum absolute atomic E-state index is 0.0587. The van der Waals surface area contributed by atoms with Crippen molar-refractivity contribution in [3.05, 3.63) is 35.9 Å². The molecule has 1 aliphatic heterocycles. The molecule has 0 aliphatic carbocycles. The SMILES string of the molecule is CC(=O)N1CCN(S(=O)(=O)c2ccc(C=CC(=O)O)cc2)CC1. The zero-order valence-corrected chi connectivity index (χ0v) is 13.5. The Kier molecular flexibility index (Phi) is 5.17. The number of carbonyl (C=O) groups is 2. The van der Waals surface area contributed by atoms with Crippen molar-refractivity contribution >= 4 is 28.0 Å². The first kappa shape index (κ1) is 17.2. The van der Waals surface area contributed by atoms with E-state index in [2.05, 4.69) is 0 Å². The molecule has 0 saturated carbocycles. The summed E-state index contributed by atoms with van der Waals surface area (Å²) in [6.45, 7) is 2.76. The molecule has 0 radical (unpaired) electrons. The molecule has 0 spiro atoms. The van der Waals surface area contributed by atoms with Gasteiger partial charge in [-0.25, -0.2) is 13.2 Å². The highest BCUT2D eigenvalue weighted by atomic mass is 32.2. The molecule has 1 N–H and O–H groups in total. The van der Waals surface area contributed by atoms with Crippen LogP contribution < -0.4 is 0 Å². The van der Waals surface area contributed by atoms with Crippen LogP contribution in [0, 0.1) is 0 Å². The van der Waals surface area contributed by atoms with Crippen LogP contribution >= 0.6 is 0 Å². The Hall–Kier alpha value is -2.19. The van der Waals surface area contributed by atoms with E-state index in [4.69, 9.17) is 5.11 Å². The normalized spacial score (nSPS) is 16.7. The molecule has 0 unspecified atom stereocenters. The summed E-state index contributed by atoms with van der Waals surface area (Å²) in [7, 11) is -3.60. The number of piperazine rings is 1. The van der Waals surface area contributed by atoms with Gasteiger partial charge in [-0.3, -0.25) is 4.79 Å². The predicted octanol–water partition coefficient (Wildman–Crippen LogP) is 0.637. The third-order valence-electron chi connectivity index (χ3n) is 3.62. The smallest absolute Gasteiger partial charge is 0.328 e. The zero-order valence-electron chi connectivity index (χ0n) is 12.7.